The molecule has 0 amide bonds. The summed E-state index contributed by atoms with van der Waals surface area (Å²) in [4.78, 5) is 32.5. The summed E-state index contributed by atoms with van der Waals surface area (Å²) in [5.41, 5.74) is 4.61. The van der Waals surface area contributed by atoms with Gasteiger partial charge in [-0.15, -0.1) is 0 Å². The minimum Gasteiger partial charge on any atom is -0.378 e. The van der Waals surface area contributed by atoms with Crippen molar-refractivity contribution in [3.63, 3.8) is 0 Å². The summed E-state index contributed by atoms with van der Waals surface area (Å²) >= 11 is 6.04. The van der Waals surface area contributed by atoms with E-state index in [1.807, 2.05) is 24.3 Å². The topological polar surface area (TPSA) is 89.5 Å². The molecular formula is C24H22ClNO5. The van der Waals surface area contributed by atoms with Crippen LogP contribution in [0.2, 0.25) is 5.02 Å². The molecule has 2 bridgehead atoms. The fourth-order valence-electron chi connectivity index (χ4n) is 3.85. The van der Waals surface area contributed by atoms with Crippen LogP contribution in [-0.4, -0.2) is 30.0 Å². The second kappa shape index (κ2) is 11.2. The molecule has 1 N–H and O–H groups in total. The highest BCUT2D eigenvalue weighted by atomic mass is 35.5. The molecule has 0 radical (unpaired) electrons. The van der Waals surface area contributed by atoms with E-state index in [9.17, 15) is 0 Å². The molecule has 31 heavy (non-hydrogen) atoms. The van der Waals surface area contributed by atoms with Crippen molar-refractivity contribution in [3.05, 3.63) is 88.5 Å². The normalized spacial score (nSPS) is 21.1. The molecule has 2 aliphatic heterocycles. The highest BCUT2D eigenvalue weighted by molar-refractivity contribution is 6.30. The fourth-order valence-corrected chi connectivity index (χ4v) is 3.98. The van der Waals surface area contributed by atoms with Crippen molar-refractivity contribution in [2.45, 2.75) is 38.0 Å². The standard InChI is InChI=1S/C22H22ClNO.2CO2/c1-15-16(2)22(13-12-20(15)25-22)21(14-17-6-4-3-5-7-17)24-19-10-8-18(23)9-11-19;2*2-1-3/h3-13,20-21,24H,14H2,1-2H3;;/t20?,21-,22?;;/m0../s1. The number of hydrogen-bond acceptors (Lipinski definition) is 6. The average molecular weight is 440 g/mol. The first-order valence-corrected chi connectivity index (χ1v) is 9.89. The Labute approximate surface area is 185 Å². The summed E-state index contributed by atoms with van der Waals surface area (Å²) in [6.45, 7) is 4.37. The number of carbonyl (C=O) groups excluding carboxylic acids is 4. The molecule has 160 valence electrons. The van der Waals surface area contributed by atoms with Crippen molar-refractivity contribution in [1.82, 2.24) is 0 Å². The van der Waals surface area contributed by atoms with Crippen molar-refractivity contribution in [3.8, 4) is 0 Å². The van der Waals surface area contributed by atoms with Crippen LogP contribution in [0.4, 0.5) is 5.69 Å². The molecule has 2 aromatic rings. The molecule has 0 saturated carbocycles. The molecule has 2 heterocycles. The minimum absolute atomic E-state index is 0.106. The molecule has 2 unspecified atom stereocenters. The lowest BCUT2D eigenvalue weighted by atomic mass is 9.80. The second-order valence-corrected chi connectivity index (χ2v) is 7.50. The molecule has 0 aliphatic carbocycles. The zero-order valence-electron chi connectivity index (χ0n) is 17.1. The quantitative estimate of drug-likeness (QED) is 0.701. The van der Waals surface area contributed by atoms with E-state index in [1.165, 1.54) is 16.7 Å². The number of ether oxygens (including phenoxy) is 1. The van der Waals surface area contributed by atoms with Gasteiger partial charge in [0, 0.05) is 10.7 Å². The lowest BCUT2D eigenvalue weighted by molar-refractivity contribution is -0.193. The molecular weight excluding hydrogens is 418 g/mol. The SMILES string of the molecule is CC1=C(C)C2([C@H](Cc3ccccc3)Nc3ccc(Cl)cc3)C=CC1O2.O=C=O.O=C=O. The zero-order chi connectivity index (χ0) is 22.9. The molecule has 7 heteroatoms. The molecule has 6 nitrogen and oxygen atoms in total. The van der Waals surface area contributed by atoms with E-state index in [1.54, 1.807) is 0 Å². The van der Waals surface area contributed by atoms with Gasteiger partial charge in [-0.3, -0.25) is 0 Å². The Morgan fingerprint density at radius 3 is 2.10 bits per heavy atom. The Bertz CT molecular complexity index is 992. The molecule has 0 saturated heterocycles. The van der Waals surface area contributed by atoms with Crippen LogP contribution in [0.1, 0.15) is 19.4 Å². The average Bonchev–Trinajstić information content (AvgIpc) is 3.31. The summed E-state index contributed by atoms with van der Waals surface area (Å²) < 4.78 is 6.44. The predicted octanol–water partition coefficient (Wildman–Crippen LogP) is 4.24. The van der Waals surface area contributed by atoms with Crippen LogP contribution in [0.25, 0.3) is 0 Å². The Kier molecular flexibility index (Phi) is 8.68. The van der Waals surface area contributed by atoms with Crippen LogP contribution < -0.4 is 5.32 Å². The maximum absolute atomic E-state index is 8.12. The first-order valence-electron chi connectivity index (χ1n) is 9.51. The minimum atomic E-state index is -0.385. The molecule has 2 aromatic carbocycles. The van der Waals surface area contributed by atoms with Gasteiger partial charge >= 0.3 is 12.3 Å². The number of rotatable bonds is 5. The smallest absolute Gasteiger partial charge is 0.373 e. The van der Waals surface area contributed by atoms with E-state index >= 15 is 0 Å². The predicted molar refractivity (Wildman–Crippen MR) is 114 cm³/mol. The Morgan fingerprint density at radius 1 is 1.00 bits per heavy atom. The third-order valence-corrected chi connectivity index (χ3v) is 5.68. The number of anilines is 1. The summed E-state index contributed by atoms with van der Waals surface area (Å²) in [5, 5.41) is 4.44. The third-order valence-electron chi connectivity index (χ3n) is 5.43. The zero-order valence-corrected chi connectivity index (χ0v) is 17.9. The highest BCUT2D eigenvalue weighted by Gasteiger charge is 2.50. The Hall–Kier alpha value is -3.27. The largest absolute Gasteiger partial charge is 0.378 e. The van der Waals surface area contributed by atoms with Crippen LogP contribution >= 0.6 is 11.6 Å². The lowest BCUT2D eigenvalue weighted by Crippen LogP contribution is -2.47. The molecule has 0 fully saturated rings. The van der Waals surface area contributed by atoms with Crippen LogP contribution in [0.5, 0.6) is 0 Å². The van der Waals surface area contributed by atoms with Gasteiger partial charge in [-0.1, -0.05) is 48.0 Å². The first kappa shape index (κ1) is 24.0. The van der Waals surface area contributed by atoms with Crippen molar-refractivity contribution in [2.75, 3.05) is 5.32 Å². The van der Waals surface area contributed by atoms with E-state index in [0.717, 1.165) is 17.1 Å². The van der Waals surface area contributed by atoms with Gasteiger partial charge in [0.15, 0.2) is 0 Å². The first-order chi connectivity index (χ1) is 14.9. The third kappa shape index (κ3) is 5.66. The number of nitrogens with one attached hydrogen (secondary N) is 1. The van der Waals surface area contributed by atoms with E-state index in [-0.39, 0.29) is 30.0 Å². The molecule has 0 aromatic heterocycles. The van der Waals surface area contributed by atoms with Gasteiger partial charge in [0.05, 0.1) is 12.1 Å². The maximum Gasteiger partial charge on any atom is 0.373 e. The van der Waals surface area contributed by atoms with Gasteiger partial charge in [0.25, 0.3) is 0 Å². The fraction of sp³-hybridized carbons (Fsp3) is 0.250. The Morgan fingerprint density at radius 2 is 1.58 bits per heavy atom. The van der Waals surface area contributed by atoms with Crippen LogP contribution in [-0.2, 0) is 30.3 Å². The van der Waals surface area contributed by atoms with Gasteiger partial charge in [-0.25, -0.2) is 0 Å². The number of hydrogen-bond donors (Lipinski definition) is 1. The van der Waals surface area contributed by atoms with E-state index in [2.05, 4.69) is 61.6 Å². The van der Waals surface area contributed by atoms with Gasteiger partial charge in [-0.05, 0) is 67.3 Å². The summed E-state index contributed by atoms with van der Waals surface area (Å²) in [5.74, 6) is 0. The van der Waals surface area contributed by atoms with Gasteiger partial charge in [-0.2, -0.15) is 19.2 Å². The maximum atomic E-state index is 8.12. The molecule has 2 aliphatic rings. The highest BCUT2D eigenvalue weighted by Crippen LogP contribution is 2.46. The van der Waals surface area contributed by atoms with E-state index < -0.39 is 0 Å². The van der Waals surface area contributed by atoms with Gasteiger partial charge in [0.2, 0.25) is 0 Å². The number of halogens is 1. The molecule has 4 rings (SSSR count). The molecule has 3 atom stereocenters. The second-order valence-electron chi connectivity index (χ2n) is 7.06. The summed E-state index contributed by atoms with van der Waals surface area (Å²) in [6, 6.07) is 18.5. The van der Waals surface area contributed by atoms with Crippen LogP contribution in [0.3, 0.4) is 0 Å². The van der Waals surface area contributed by atoms with Crippen molar-refractivity contribution >= 4 is 29.6 Å². The number of benzene rings is 2. The van der Waals surface area contributed by atoms with Gasteiger partial charge < -0.3 is 10.1 Å². The lowest BCUT2D eigenvalue weighted by Gasteiger charge is -2.36. The van der Waals surface area contributed by atoms with Crippen molar-refractivity contribution in [2.24, 2.45) is 0 Å². The van der Waals surface area contributed by atoms with Crippen molar-refractivity contribution < 1.29 is 23.9 Å². The van der Waals surface area contributed by atoms with Crippen LogP contribution in [0.15, 0.2) is 77.9 Å². The van der Waals surface area contributed by atoms with Crippen molar-refractivity contribution in [1.29, 1.82) is 0 Å². The summed E-state index contributed by atoms with van der Waals surface area (Å²) in [6.07, 6.45) is 5.91. The number of fused-ring (bicyclic) bond motifs is 2. The van der Waals surface area contributed by atoms with Gasteiger partial charge in [0.1, 0.15) is 5.60 Å². The Balaban J connectivity index is 0.000000513. The molecule has 0 spiro atoms. The van der Waals surface area contributed by atoms with E-state index in [4.69, 9.17) is 35.5 Å². The van der Waals surface area contributed by atoms with Crippen LogP contribution in [0, 0.1) is 0 Å². The summed E-state index contributed by atoms with van der Waals surface area (Å²) in [7, 11) is 0. The van der Waals surface area contributed by atoms with E-state index in [0.29, 0.717) is 0 Å². The monoisotopic (exact) mass is 439 g/mol.